The Morgan fingerprint density at radius 3 is 2.15 bits per heavy atom. The fourth-order valence-electron chi connectivity index (χ4n) is 3.51. The highest BCUT2D eigenvalue weighted by Gasteiger charge is 2.44. The van der Waals surface area contributed by atoms with Crippen LogP contribution in [0.25, 0.3) is 0 Å². The smallest absolute Gasteiger partial charge is 0.354 e. The van der Waals surface area contributed by atoms with Crippen molar-refractivity contribution in [3.63, 3.8) is 0 Å². The Kier molecular flexibility index (Phi) is 9.30. The van der Waals surface area contributed by atoms with E-state index in [9.17, 15) is 22.8 Å². The topological polar surface area (TPSA) is 64.7 Å². The summed E-state index contributed by atoms with van der Waals surface area (Å²) in [5.41, 5.74) is 0. The van der Waals surface area contributed by atoms with Gasteiger partial charge in [0.05, 0.1) is 0 Å². The molecule has 2 aliphatic rings. The highest BCUT2D eigenvalue weighted by Crippen LogP contribution is 2.25. The van der Waals surface area contributed by atoms with Crippen molar-refractivity contribution in [3.05, 3.63) is 0 Å². The van der Waals surface area contributed by atoms with Crippen molar-refractivity contribution in [2.45, 2.75) is 38.9 Å². The number of piperidine rings is 1. The van der Waals surface area contributed by atoms with Gasteiger partial charge in [0, 0.05) is 57.6 Å². The van der Waals surface area contributed by atoms with Gasteiger partial charge in [0.25, 0.3) is 0 Å². The Morgan fingerprint density at radius 2 is 1.67 bits per heavy atom. The fraction of sp³-hybridized carbons (Fsp3) is 0.882. The van der Waals surface area contributed by atoms with Crippen molar-refractivity contribution in [1.82, 2.24) is 20.4 Å². The van der Waals surface area contributed by atoms with Crippen LogP contribution in [0, 0.1) is 11.8 Å². The lowest BCUT2D eigenvalue weighted by Gasteiger charge is -2.36. The molecule has 2 fully saturated rings. The van der Waals surface area contributed by atoms with Gasteiger partial charge in [-0.1, -0.05) is 13.8 Å². The van der Waals surface area contributed by atoms with E-state index in [0.717, 1.165) is 0 Å². The quantitative estimate of drug-likeness (QED) is 0.710. The van der Waals surface area contributed by atoms with E-state index in [0.29, 0.717) is 52.1 Å². The molecule has 2 heterocycles. The van der Waals surface area contributed by atoms with Crippen LogP contribution in [0.5, 0.6) is 0 Å². The first-order valence-corrected chi connectivity index (χ1v) is 9.28. The number of hydrogen-bond acceptors (Lipinski definition) is 4. The molecule has 2 amide bonds. The Balaban J connectivity index is 0.00000364. The zero-order valence-corrected chi connectivity index (χ0v) is 16.7. The molecule has 27 heavy (non-hydrogen) atoms. The summed E-state index contributed by atoms with van der Waals surface area (Å²) in [6.45, 7) is 5.86. The molecule has 0 radical (unpaired) electrons. The van der Waals surface area contributed by atoms with Crippen LogP contribution < -0.4 is 10.6 Å². The van der Waals surface area contributed by atoms with Gasteiger partial charge in [-0.3, -0.25) is 14.5 Å². The van der Waals surface area contributed by atoms with Gasteiger partial charge in [0.1, 0.15) is 6.04 Å². The molecule has 10 heteroatoms. The first kappa shape index (κ1) is 24.0. The van der Waals surface area contributed by atoms with Gasteiger partial charge in [-0.15, -0.1) is 12.4 Å². The van der Waals surface area contributed by atoms with Gasteiger partial charge in [-0.2, -0.15) is 13.2 Å². The largest absolute Gasteiger partial charge is 0.405 e. The molecule has 2 N–H and O–H groups in total. The van der Waals surface area contributed by atoms with E-state index in [1.54, 1.807) is 4.90 Å². The molecule has 0 aromatic rings. The molecule has 0 aromatic heterocycles. The van der Waals surface area contributed by atoms with E-state index < -0.39 is 18.8 Å². The van der Waals surface area contributed by atoms with E-state index in [1.807, 2.05) is 13.8 Å². The average molecular weight is 415 g/mol. The molecule has 0 saturated carbocycles. The molecule has 6 nitrogen and oxygen atoms in total. The molecular formula is C17H30ClF3N4O2. The van der Waals surface area contributed by atoms with E-state index >= 15 is 0 Å². The van der Waals surface area contributed by atoms with Gasteiger partial charge in [-0.25, -0.2) is 0 Å². The van der Waals surface area contributed by atoms with Gasteiger partial charge in [0.2, 0.25) is 11.8 Å². The number of likely N-dealkylation sites (tertiary alicyclic amines) is 1. The lowest BCUT2D eigenvalue weighted by molar-refractivity contribution is -0.184. The Hall–Kier alpha value is -1.06. The summed E-state index contributed by atoms with van der Waals surface area (Å²) in [7, 11) is 0. The standard InChI is InChI=1S/C17H29F3N4O2.ClH/c1-12(2)16(26)24-7-3-13(4-8-24)15(25)22-11-14(17(18,19)20)23-9-5-21-6-10-23;/h12-14,21H,3-11H2,1-2H3,(H,22,25);1H. The van der Waals surface area contributed by atoms with Crippen molar-refractivity contribution >= 4 is 24.2 Å². The number of carbonyl (C=O) groups excluding carboxylic acids is 2. The van der Waals surface area contributed by atoms with Crippen LogP contribution in [0.1, 0.15) is 26.7 Å². The fourth-order valence-corrected chi connectivity index (χ4v) is 3.51. The van der Waals surface area contributed by atoms with Crippen molar-refractivity contribution in [2.75, 3.05) is 45.8 Å². The van der Waals surface area contributed by atoms with Crippen molar-refractivity contribution in [3.8, 4) is 0 Å². The first-order valence-electron chi connectivity index (χ1n) is 9.28. The number of nitrogens with zero attached hydrogens (tertiary/aromatic N) is 2. The van der Waals surface area contributed by atoms with Crippen LogP contribution in [0.4, 0.5) is 13.2 Å². The van der Waals surface area contributed by atoms with Crippen LogP contribution >= 0.6 is 12.4 Å². The number of carbonyl (C=O) groups is 2. The first-order chi connectivity index (χ1) is 12.2. The van der Waals surface area contributed by atoms with Gasteiger partial charge >= 0.3 is 6.18 Å². The maximum Gasteiger partial charge on any atom is 0.405 e. The number of amides is 2. The molecule has 1 atom stereocenters. The Bertz CT molecular complexity index is 491. The molecule has 0 bridgehead atoms. The van der Waals surface area contributed by atoms with Gasteiger partial charge in [-0.05, 0) is 12.8 Å². The maximum atomic E-state index is 13.4. The summed E-state index contributed by atoms with van der Waals surface area (Å²) >= 11 is 0. The van der Waals surface area contributed by atoms with Crippen molar-refractivity contribution in [1.29, 1.82) is 0 Å². The highest BCUT2D eigenvalue weighted by molar-refractivity contribution is 5.85. The molecular weight excluding hydrogens is 385 g/mol. The maximum absolute atomic E-state index is 13.4. The summed E-state index contributed by atoms with van der Waals surface area (Å²) in [5, 5.41) is 5.53. The van der Waals surface area contributed by atoms with Gasteiger partial charge in [0.15, 0.2) is 0 Å². The summed E-state index contributed by atoms with van der Waals surface area (Å²) in [6.07, 6.45) is -3.39. The minimum atomic E-state index is -4.38. The minimum Gasteiger partial charge on any atom is -0.354 e. The summed E-state index contributed by atoms with van der Waals surface area (Å²) in [5.74, 6) is -0.708. The van der Waals surface area contributed by atoms with Crippen LogP contribution in [0.3, 0.4) is 0 Å². The summed E-state index contributed by atoms with van der Waals surface area (Å²) in [6, 6.07) is -1.66. The monoisotopic (exact) mass is 414 g/mol. The van der Waals surface area contributed by atoms with Crippen LogP contribution in [-0.4, -0.2) is 79.6 Å². The zero-order chi connectivity index (χ0) is 19.3. The Labute approximate surface area is 164 Å². The third kappa shape index (κ3) is 6.80. The SMILES string of the molecule is CC(C)C(=O)N1CCC(C(=O)NCC(N2CCNCC2)C(F)(F)F)CC1.Cl. The second-order valence-electron chi connectivity index (χ2n) is 7.34. The number of piperazine rings is 1. The minimum absolute atomic E-state index is 0. The number of rotatable bonds is 5. The van der Waals surface area contributed by atoms with E-state index in [1.165, 1.54) is 4.90 Å². The number of alkyl halides is 3. The molecule has 158 valence electrons. The van der Waals surface area contributed by atoms with E-state index in [-0.39, 0.29) is 36.1 Å². The number of hydrogen-bond donors (Lipinski definition) is 2. The Morgan fingerprint density at radius 1 is 1.11 bits per heavy atom. The predicted molar refractivity (Wildman–Crippen MR) is 98.7 cm³/mol. The molecule has 1 unspecified atom stereocenters. The average Bonchev–Trinajstić information content (AvgIpc) is 2.61. The molecule has 0 aliphatic carbocycles. The second kappa shape index (κ2) is 10.5. The van der Waals surface area contributed by atoms with Crippen LogP contribution in [0.2, 0.25) is 0 Å². The summed E-state index contributed by atoms with van der Waals surface area (Å²) < 4.78 is 40.1. The molecule has 0 aromatic carbocycles. The normalized spacial score (nSPS) is 20.9. The van der Waals surface area contributed by atoms with Crippen LogP contribution in [0.15, 0.2) is 0 Å². The zero-order valence-electron chi connectivity index (χ0n) is 15.8. The molecule has 2 saturated heterocycles. The summed E-state index contributed by atoms with van der Waals surface area (Å²) in [4.78, 5) is 27.4. The van der Waals surface area contributed by atoms with Crippen LogP contribution in [-0.2, 0) is 9.59 Å². The lowest BCUT2D eigenvalue weighted by atomic mass is 9.95. The number of halogens is 4. The highest BCUT2D eigenvalue weighted by atomic mass is 35.5. The number of nitrogens with one attached hydrogen (secondary N) is 2. The lowest BCUT2D eigenvalue weighted by Crippen LogP contribution is -2.58. The van der Waals surface area contributed by atoms with Crippen molar-refractivity contribution < 1.29 is 22.8 Å². The van der Waals surface area contributed by atoms with E-state index in [4.69, 9.17) is 0 Å². The third-order valence-corrected chi connectivity index (χ3v) is 5.11. The third-order valence-electron chi connectivity index (χ3n) is 5.11. The second-order valence-corrected chi connectivity index (χ2v) is 7.34. The molecule has 2 aliphatic heterocycles. The predicted octanol–water partition coefficient (Wildman–Crippen LogP) is 1.26. The van der Waals surface area contributed by atoms with Gasteiger partial charge < -0.3 is 15.5 Å². The van der Waals surface area contributed by atoms with E-state index in [2.05, 4.69) is 10.6 Å². The molecule has 2 rings (SSSR count). The van der Waals surface area contributed by atoms with Crippen molar-refractivity contribution in [2.24, 2.45) is 11.8 Å². The molecule has 0 spiro atoms.